The van der Waals surface area contributed by atoms with E-state index in [0.717, 1.165) is 24.0 Å². The van der Waals surface area contributed by atoms with Crippen LogP contribution >= 0.6 is 0 Å². The molecule has 0 aliphatic heterocycles. The molecule has 0 aliphatic rings. The average molecular weight is 615 g/mol. The van der Waals surface area contributed by atoms with E-state index in [1.54, 1.807) is 7.11 Å². The van der Waals surface area contributed by atoms with Crippen LogP contribution in [-0.4, -0.2) is 25.5 Å². The number of methoxy groups -OCH3 is 1. The maximum Gasteiger partial charge on any atom is 0.253 e. The van der Waals surface area contributed by atoms with E-state index in [1.165, 1.54) is 32.1 Å². The lowest BCUT2D eigenvalue weighted by Gasteiger charge is -2.23. The minimum Gasteiger partial charge on any atom is -0.493 e. The average Bonchev–Trinajstić information content (AvgIpc) is 3.01. The van der Waals surface area contributed by atoms with Crippen LogP contribution in [0.5, 0.6) is 11.5 Å². The number of ether oxygens (including phenoxy) is 2. The van der Waals surface area contributed by atoms with Crippen molar-refractivity contribution in [3.63, 3.8) is 0 Å². The third-order valence-corrected chi connectivity index (χ3v) is 8.10. The van der Waals surface area contributed by atoms with Gasteiger partial charge < -0.3 is 20.1 Å². The largest absolute Gasteiger partial charge is 0.493 e. The molecule has 0 aliphatic carbocycles. The van der Waals surface area contributed by atoms with Crippen LogP contribution < -0.4 is 20.1 Å². The van der Waals surface area contributed by atoms with Gasteiger partial charge in [-0.05, 0) is 70.3 Å². The summed E-state index contributed by atoms with van der Waals surface area (Å²) < 4.78 is 11.7. The Hall–Kier alpha value is -3.80. The normalized spacial score (nSPS) is 11.8. The van der Waals surface area contributed by atoms with E-state index >= 15 is 0 Å². The van der Waals surface area contributed by atoms with E-state index < -0.39 is 6.17 Å². The highest BCUT2D eigenvalue weighted by Crippen LogP contribution is 2.31. The number of amides is 2. The highest BCUT2D eigenvalue weighted by Gasteiger charge is 2.22. The standard InChI is InChI=1S/C39H54N2O4/c1-9-10-11-12-13-14-15-26-45-33-25-20-30(27-34(33)44-8)35(40-36(42)28-16-21-31(22-17-28)38(2,3)4)41-37(43)29-18-23-32(24-19-29)39(5,6)7/h16-25,27,35H,9-15,26H2,1-8H3,(H,40,42)(H,41,43). The van der Waals surface area contributed by atoms with Gasteiger partial charge in [0.05, 0.1) is 13.7 Å². The number of hydrogen-bond acceptors (Lipinski definition) is 4. The lowest BCUT2D eigenvalue weighted by molar-refractivity contribution is 0.0883. The number of rotatable bonds is 15. The van der Waals surface area contributed by atoms with Gasteiger partial charge in [-0.1, -0.05) is 117 Å². The van der Waals surface area contributed by atoms with Crippen molar-refractivity contribution >= 4 is 11.8 Å². The second-order valence-corrected chi connectivity index (χ2v) is 13.9. The second-order valence-electron chi connectivity index (χ2n) is 13.9. The fourth-order valence-corrected chi connectivity index (χ4v) is 5.10. The monoisotopic (exact) mass is 614 g/mol. The topological polar surface area (TPSA) is 76.7 Å². The molecule has 0 aromatic heterocycles. The van der Waals surface area contributed by atoms with E-state index in [2.05, 4.69) is 59.1 Å². The molecule has 2 N–H and O–H groups in total. The summed E-state index contributed by atoms with van der Waals surface area (Å²) in [5.41, 5.74) is 3.93. The van der Waals surface area contributed by atoms with Crippen LogP contribution in [-0.2, 0) is 10.8 Å². The Morgan fingerprint density at radius 1 is 0.644 bits per heavy atom. The molecule has 0 atom stereocenters. The second kappa shape index (κ2) is 16.5. The van der Waals surface area contributed by atoms with Gasteiger partial charge in [-0.2, -0.15) is 0 Å². The summed E-state index contributed by atoms with van der Waals surface area (Å²) in [6, 6.07) is 20.7. The minimum absolute atomic E-state index is 0.0247. The third-order valence-electron chi connectivity index (χ3n) is 8.10. The third kappa shape index (κ3) is 10.9. The molecule has 6 heteroatoms. The molecule has 0 radical (unpaired) electrons. The first-order chi connectivity index (χ1) is 21.3. The molecule has 0 fully saturated rings. The first-order valence-corrected chi connectivity index (χ1v) is 16.5. The van der Waals surface area contributed by atoms with E-state index in [1.807, 2.05) is 66.7 Å². The van der Waals surface area contributed by atoms with Crippen molar-refractivity contribution in [2.45, 2.75) is 110 Å². The van der Waals surface area contributed by atoms with Gasteiger partial charge in [0.25, 0.3) is 11.8 Å². The molecule has 3 aromatic carbocycles. The van der Waals surface area contributed by atoms with Gasteiger partial charge in [0.15, 0.2) is 11.5 Å². The zero-order chi connectivity index (χ0) is 33.0. The van der Waals surface area contributed by atoms with E-state index in [4.69, 9.17) is 9.47 Å². The van der Waals surface area contributed by atoms with Crippen LogP contribution in [0.25, 0.3) is 0 Å². The summed E-state index contributed by atoms with van der Waals surface area (Å²) in [7, 11) is 1.60. The van der Waals surface area contributed by atoms with Crippen molar-refractivity contribution < 1.29 is 19.1 Å². The Morgan fingerprint density at radius 3 is 1.56 bits per heavy atom. The SMILES string of the molecule is CCCCCCCCCOc1ccc(C(NC(=O)c2ccc(C(C)(C)C)cc2)NC(=O)c2ccc(C(C)(C)C)cc2)cc1OC. The van der Waals surface area contributed by atoms with Crippen LogP contribution in [0.15, 0.2) is 66.7 Å². The van der Waals surface area contributed by atoms with Crippen LogP contribution in [0.3, 0.4) is 0 Å². The minimum atomic E-state index is -0.805. The lowest BCUT2D eigenvalue weighted by Crippen LogP contribution is -2.41. The molecule has 0 saturated carbocycles. The van der Waals surface area contributed by atoms with Crippen molar-refractivity contribution in [1.82, 2.24) is 10.6 Å². The number of carbonyl (C=O) groups excluding carboxylic acids is 2. The first kappa shape index (κ1) is 35.7. The van der Waals surface area contributed by atoms with Crippen LogP contribution in [0.4, 0.5) is 0 Å². The molecule has 0 spiro atoms. The van der Waals surface area contributed by atoms with Gasteiger partial charge in [0.2, 0.25) is 0 Å². The zero-order valence-electron chi connectivity index (χ0n) is 28.7. The molecule has 0 heterocycles. The zero-order valence-corrected chi connectivity index (χ0v) is 28.7. The molecule has 6 nitrogen and oxygen atoms in total. The van der Waals surface area contributed by atoms with Crippen molar-refractivity contribution in [2.24, 2.45) is 0 Å². The van der Waals surface area contributed by atoms with Gasteiger partial charge >= 0.3 is 0 Å². The van der Waals surface area contributed by atoms with Crippen LogP contribution in [0.1, 0.15) is 137 Å². The molecule has 2 amide bonds. The van der Waals surface area contributed by atoms with Crippen molar-refractivity contribution in [3.8, 4) is 11.5 Å². The summed E-state index contributed by atoms with van der Waals surface area (Å²) in [5.74, 6) is 0.608. The molecular formula is C39H54N2O4. The van der Waals surface area contributed by atoms with Crippen molar-refractivity contribution in [2.75, 3.05) is 13.7 Å². The summed E-state index contributed by atoms with van der Waals surface area (Å²) in [4.78, 5) is 26.9. The van der Waals surface area contributed by atoms with Crippen LogP contribution in [0.2, 0.25) is 0 Å². The predicted octanol–water partition coefficient (Wildman–Crippen LogP) is 9.28. The highest BCUT2D eigenvalue weighted by atomic mass is 16.5. The molecule has 244 valence electrons. The van der Waals surface area contributed by atoms with Gasteiger partial charge in [-0.3, -0.25) is 9.59 Å². The number of unbranched alkanes of at least 4 members (excludes halogenated alkanes) is 6. The number of carbonyl (C=O) groups is 2. The van der Waals surface area contributed by atoms with Crippen molar-refractivity contribution in [3.05, 3.63) is 94.5 Å². The molecule has 0 bridgehead atoms. The summed E-state index contributed by atoms with van der Waals surface area (Å²) in [5, 5.41) is 6.06. The maximum atomic E-state index is 13.5. The molecule has 45 heavy (non-hydrogen) atoms. The van der Waals surface area contributed by atoms with Gasteiger partial charge in [-0.25, -0.2) is 0 Å². The van der Waals surface area contributed by atoms with Gasteiger partial charge in [0.1, 0.15) is 6.17 Å². The Labute approximate surface area is 271 Å². The van der Waals surface area contributed by atoms with E-state index in [0.29, 0.717) is 34.8 Å². The Morgan fingerprint density at radius 2 is 1.11 bits per heavy atom. The Bertz CT molecular complexity index is 1290. The fraction of sp³-hybridized carbons (Fsp3) is 0.487. The molecule has 0 saturated heterocycles. The van der Waals surface area contributed by atoms with Crippen molar-refractivity contribution in [1.29, 1.82) is 0 Å². The Balaban J connectivity index is 1.79. The molecular weight excluding hydrogens is 560 g/mol. The van der Waals surface area contributed by atoms with Crippen LogP contribution in [0, 0.1) is 0 Å². The fourth-order valence-electron chi connectivity index (χ4n) is 5.10. The predicted molar refractivity (Wildman–Crippen MR) is 184 cm³/mol. The molecule has 3 aromatic rings. The molecule has 3 rings (SSSR count). The smallest absolute Gasteiger partial charge is 0.253 e. The number of benzene rings is 3. The quantitative estimate of drug-likeness (QED) is 0.132. The number of nitrogens with one attached hydrogen (secondary N) is 2. The van der Waals surface area contributed by atoms with E-state index in [-0.39, 0.29) is 22.6 Å². The Kier molecular flexibility index (Phi) is 13.1. The van der Waals surface area contributed by atoms with Gasteiger partial charge in [-0.15, -0.1) is 0 Å². The highest BCUT2D eigenvalue weighted by molar-refractivity contribution is 5.97. The summed E-state index contributed by atoms with van der Waals surface area (Å²) in [6.07, 6.45) is 7.65. The summed E-state index contributed by atoms with van der Waals surface area (Å²) >= 11 is 0. The molecule has 0 unspecified atom stereocenters. The maximum absolute atomic E-state index is 13.5. The van der Waals surface area contributed by atoms with Gasteiger partial charge in [0, 0.05) is 11.1 Å². The number of hydrogen-bond donors (Lipinski definition) is 2. The summed E-state index contributed by atoms with van der Waals surface area (Å²) in [6.45, 7) is 15.7. The lowest BCUT2D eigenvalue weighted by atomic mass is 9.86. The first-order valence-electron chi connectivity index (χ1n) is 16.5. The van der Waals surface area contributed by atoms with E-state index in [9.17, 15) is 9.59 Å².